The molecule has 9 heavy (non-hydrogen) atoms. The van der Waals surface area contributed by atoms with E-state index in [0.717, 1.165) is 0 Å². The van der Waals surface area contributed by atoms with Crippen LogP contribution in [0.25, 0.3) is 0 Å². The number of hydrogen-bond donors (Lipinski definition) is 0. The van der Waals surface area contributed by atoms with Crippen molar-refractivity contribution in [3.63, 3.8) is 0 Å². The Morgan fingerprint density at radius 3 is 0.222 bits per heavy atom. The summed E-state index contributed by atoms with van der Waals surface area (Å²) in [4.78, 5) is 0. The molecule has 0 aliphatic rings. The predicted octanol–water partition coefficient (Wildman–Crippen LogP) is -7.27. The van der Waals surface area contributed by atoms with Gasteiger partial charge in [-0.15, -0.1) is 0 Å². The van der Waals surface area contributed by atoms with Crippen molar-refractivity contribution in [2.24, 2.45) is 0 Å². The molecule has 0 nitrogen and oxygen atoms in total. The third-order valence-corrected chi connectivity index (χ3v) is 0. The van der Waals surface area contributed by atoms with E-state index in [9.17, 15) is 0 Å². The van der Waals surface area contributed by atoms with E-state index in [2.05, 4.69) is 0 Å². The molecule has 4 radical (unpaired) electrons. The average Bonchev–Trinajstić information content (AvgIpc) is 0. The van der Waals surface area contributed by atoms with E-state index >= 15 is 0 Å². The van der Waals surface area contributed by atoms with Gasteiger partial charge in [0.05, 0.1) is 0 Å². The Morgan fingerprint density at radius 2 is 0.222 bits per heavy atom. The smallest absolute Gasteiger partial charge is 0 e. The standard InChI is InChI=1S/5GeH4.4Ir/h5*1H4;;;;. The first kappa shape index (κ1) is 89.9. The Bertz CT molecular complexity index is 8.92. The van der Waals surface area contributed by atoms with Crippen LogP contribution < -0.4 is 0 Å². The van der Waals surface area contributed by atoms with Crippen LogP contribution in [0, 0.1) is 0 Å². The van der Waals surface area contributed by atoms with E-state index < -0.39 is 0 Å². The van der Waals surface area contributed by atoms with Gasteiger partial charge in [-0.1, -0.05) is 0 Å². The molecule has 0 rings (SSSR count). The van der Waals surface area contributed by atoms with Crippen LogP contribution in [0.1, 0.15) is 0 Å². The van der Waals surface area contributed by atoms with Gasteiger partial charge >= 0.3 is 88.0 Å². The second-order valence-electron chi connectivity index (χ2n) is 0. The monoisotopic (exact) mass is 1160 g/mol. The van der Waals surface area contributed by atoms with Crippen molar-refractivity contribution in [1.82, 2.24) is 0 Å². The largest absolute Gasteiger partial charge is 0 e. The summed E-state index contributed by atoms with van der Waals surface area (Å²) in [6.07, 6.45) is 0. The zero-order valence-electron chi connectivity index (χ0n) is 1.33. The van der Waals surface area contributed by atoms with Crippen molar-refractivity contribution in [2.45, 2.75) is 0 Å². The summed E-state index contributed by atoms with van der Waals surface area (Å²) in [5.41, 5.74) is 0. The van der Waals surface area contributed by atoms with Gasteiger partial charge in [-0.2, -0.15) is 0 Å². The fourth-order valence-corrected chi connectivity index (χ4v) is 0. The van der Waals surface area contributed by atoms with Crippen LogP contribution in [-0.4, -0.2) is 88.0 Å². The molecular weight excluding hydrogens is 1130 g/mol. The quantitative estimate of drug-likeness (QED) is 0.212. The van der Waals surface area contributed by atoms with Crippen molar-refractivity contribution in [3.05, 3.63) is 0 Å². The van der Waals surface area contributed by atoms with Crippen LogP contribution in [0.4, 0.5) is 0 Å². The van der Waals surface area contributed by atoms with Crippen molar-refractivity contribution in [3.8, 4) is 0 Å². The molecule has 0 spiro atoms. The Balaban J connectivity index is 0. The first-order valence-electron chi connectivity index (χ1n) is 0. The fraction of sp³-hybridized carbons (Fsp3) is 0. The average molecular weight is 1150 g/mol. The van der Waals surface area contributed by atoms with Crippen LogP contribution in [-0.2, 0) is 80.4 Å². The van der Waals surface area contributed by atoms with Gasteiger partial charge in [0, 0.05) is 80.4 Å². The molecule has 0 saturated carbocycles. The molecule has 76 valence electrons. The van der Waals surface area contributed by atoms with E-state index in [-0.39, 0.29) is 168 Å². The van der Waals surface area contributed by atoms with Gasteiger partial charge < -0.3 is 0 Å². The Kier molecular flexibility index (Phi) is 714. The van der Waals surface area contributed by atoms with Gasteiger partial charge in [-0.3, -0.25) is 0 Å². The minimum Gasteiger partial charge on any atom is 0 e. The molecule has 9 heteroatoms. The van der Waals surface area contributed by atoms with Crippen LogP contribution in [0.5, 0.6) is 0 Å². The molecule has 0 fully saturated rings. The normalized spacial score (nSPS) is 0. The van der Waals surface area contributed by atoms with Crippen LogP contribution in [0.3, 0.4) is 0 Å². The van der Waals surface area contributed by atoms with E-state index in [1.165, 1.54) is 0 Å². The van der Waals surface area contributed by atoms with Gasteiger partial charge in [-0.05, 0) is 0 Å². The molecule has 0 aromatic carbocycles. The van der Waals surface area contributed by atoms with Crippen molar-refractivity contribution >= 4 is 88.0 Å². The van der Waals surface area contributed by atoms with Crippen molar-refractivity contribution in [2.75, 3.05) is 0 Å². The van der Waals surface area contributed by atoms with E-state index in [1.807, 2.05) is 0 Å². The summed E-state index contributed by atoms with van der Waals surface area (Å²) in [6.45, 7) is 0. The first-order chi connectivity index (χ1) is 0. The summed E-state index contributed by atoms with van der Waals surface area (Å²) >= 11 is 0. The zero-order chi connectivity index (χ0) is 0. The van der Waals surface area contributed by atoms with Gasteiger partial charge in [0.1, 0.15) is 0 Å². The zero-order valence-corrected chi connectivity index (χ0v) is 10.9. The second kappa shape index (κ2) is 71.5. The van der Waals surface area contributed by atoms with E-state index in [4.69, 9.17) is 0 Å². The molecule has 0 amide bonds. The van der Waals surface area contributed by atoms with Crippen molar-refractivity contribution < 1.29 is 80.4 Å². The predicted molar refractivity (Wildman–Crippen MR) is 56.7 cm³/mol. The third-order valence-electron chi connectivity index (χ3n) is 0. The topological polar surface area (TPSA) is 0 Å². The molecule has 0 unspecified atom stereocenters. The Morgan fingerprint density at radius 1 is 0.222 bits per heavy atom. The van der Waals surface area contributed by atoms with Crippen LogP contribution >= 0.6 is 0 Å². The summed E-state index contributed by atoms with van der Waals surface area (Å²) in [5.74, 6) is 0. The van der Waals surface area contributed by atoms with Crippen LogP contribution in [0.15, 0.2) is 0 Å². The summed E-state index contributed by atoms with van der Waals surface area (Å²) in [6, 6.07) is 0. The SMILES string of the molecule is [GeH4].[GeH4].[GeH4].[GeH4].[GeH4].[Ir].[Ir].[Ir].[Ir]. The van der Waals surface area contributed by atoms with Gasteiger partial charge in [-0.25, -0.2) is 0 Å². The maximum Gasteiger partial charge on any atom is 0 e. The maximum atomic E-state index is 0. The van der Waals surface area contributed by atoms with Crippen LogP contribution in [0.2, 0.25) is 0 Å². The molecule has 0 aromatic rings. The third kappa shape index (κ3) is 60.4. The van der Waals surface area contributed by atoms with Gasteiger partial charge in [0.25, 0.3) is 0 Å². The van der Waals surface area contributed by atoms with Crippen molar-refractivity contribution in [1.29, 1.82) is 0 Å². The number of hydrogen-bond acceptors (Lipinski definition) is 0. The molecule has 0 aromatic heterocycles. The summed E-state index contributed by atoms with van der Waals surface area (Å²) in [7, 11) is 0. The summed E-state index contributed by atoms with van der Waals surface area (Å²) in [5, 5.41) is 0. The molecular formula is H20Ge5Ir4. The van der Waals surface area contributed by atoms with E-state index in [1.54, 1.807) is 0 Å². The molecule has 0 aliphatic heterocycles. The molecule has 0 aliphatic carbocycles. The number of rotatable bonds is 0. The molecule has 0 heterocycles. The summed E-state index contributed by atoms with van der Waals surface area (Å²) < 4.78 is 0. The maximum absolute atomic E-state index is 0. The molecule has 0 atom stereocenters. The fourth-order valence-electron chi connectivity index (χ4n) is 0. The minimum atomic E-state index is 0. The molecule has 0 saturated heterocycles. The molecule has 0 N–H and O–H groups in total. The van der Waals surface area contributed by atoms with Gasteiger partial charge in [0.2, 0.25) is 0 Å². The minimum absolute atomic E-state index is 0. The van der Waals surface area contributed by atoms with E-state index in [0.29, 0.717) is 0 Å². The Hall–Kier alpha value is 5.31. The second-order valence-corrected chi connectivity index (χ2v) is 0. The Labute approximate surface area is 165 Å². The molecule has 0 bridgehead atoms. The first-order valence-corrected chi connectivity index (χ1v) is 0. The van der Waals surface area contributed by atoms with Gasteiger partial charge in [0.15, 0.2) is 0 Å².